The lowest BCUT2D eigenvalue weighted by atomic mass is 10.1. The van der Waals surface area contributed by atoms with Gasteiger partial charge in [0.1, 0.15) is 5.69 Å². The highest BCUT2D eigenvalue weighted by atomic mass is 16.1. The smallest absolute Gasteiger partial charge is 0.183 e. The third-order valence-electron chi connectivity index (χ3n) is 2.38. The van der Waals surface area contributed by atoms with Crippen LogP contribution < -0.4 is 0 Å². The fourth-order valence-corrected chi connectivity index (χ4v) is 1.46. The van der Waals surface area contributed by atoms with Crippen LogP contribution in [0.2, 0.25) is 0 Å². The molecule has 2 rings (SSSR count). The fourth-order valence-electron chi connectivity index (χ4n) is 1.46. The SMILES string of the molecule is Cn1nccc1CCC(=O)c1cnccn1. The van der Waals surface area contributed by atoms with Crippen molar-refractivity contribution in [2.45, 2.75) is 12.8 Å². The molecule has 0 aliphatic rings. The van der Waals surface area contributed by atoms with Gasteiger partial charge in [0.15, 0.2) is 5.78 Å². The van der Waals surface area contributed by atoms with E-state index in [2.05, 4.69) is 15.1 Å². The van der Waals surface area contributed by atoms with Gasteiger partial charge in [0.25, 0.3) is 0 Å². The normalized spacial score (nSPS) is 10.3. The minimum absolute atomic E-state index is 0.00861. The third-order valence-corrected chi connectivity index (χ3v) is 2.38. The van der Waals surface area contributed by atoms with Gasteiger partial charge in [-0.2, -0.15) is 5.10 Å². The third kappa shape index (κ3) is 2.31. The molecule has 2 heterocycles. The molecular weight excluding hydrogens is 204 g/mol. The maximum absolute atomic E-state index is 11.7. The molecule has 0 radical (unpaired) electrons. The van der Waals surface area contributed by atoms with Crippen molar-refractivity contribution in [3.8, 4) is 0 Å². The molecule has 0 fully saturated rings. The maximum atomic E-state index is 11.7. The average Bonchev–Trinajstić information content (AvgIpc) is 2.73. The fraction of sp³-hybridized carbons (Fsp3) is 0.273. The average molecular weight is 216 g/mol. The van der Waals surface area contributed by atoms with Gasteiger partial charge in [-0.25, -0.2) is 4.98 Å². The second-order valence-corrected chi connectivity index (χ2v) is 3.46. The van der Waals surface area contributed by atoms with E-state index in [1.165, 1.54) is 12.4 Å². The van der Waals surface area contributed by atoms with E-state index in [9.17, 15) is 4.79 Å². The molecule has 0 bridgehead atoms. The van der Waals surface area contributed by atoms with E-state index in [4.69, 9.17) is 0 Å². The van der Waals surface area contributed by atoms with Gasteiger partial charge in [-0.05, 0) is 12.5 Å². The quantitative estimate of drug-likeness (QED) is 0.716. The number of hydrogen-bond donors (Lipinski definition) is 0. The zero-order valence-electron chi connectivity index (χ0n) is 9.00. The largest absolute Gasteiger partial charge is 0.292 e. The molecule has 0 aliphatic heterocycles. The van der Waals surface area contributed by atoms with Gasteiger partial charge in [-0.3, -0.25) is 14.5 Å². The zero-order valence-corrected chi connectivity index (χ0v) is 9.00. The molecule has 0 aliphatic carbocycles. The molecule has 5 heteroatoms. The molecule has 0 unspecified atom stereocenters. The molecule has 16 heavy (non-hydrogen) atoms. The van der Waals surface area contributed by atoms with E-state index in [0.717, 1.165) is 5.69 Å². The highest BCUT2D eigenvalue weighted by Gasteiger charge is 2.08. The van der Waals surface area contributed by atoms with Crippen LogP contribution >= 0.6 is 0 Å². The molecule has 2 aromatic rings. The lowest BCUT2D eigenvalue weighted by Gasteiger charge is -2.01. The second kappa shape index (κ2) is 4.65. The van der Waals surface area contributed by atoms with E-state index in [1.54, 1.807) is 17.1 Å². The summed E-state index contributed by atoms with van der Waals surface area (Å²) in [6.45, 7) is 0. The van der Waals surface area contributed by atoms with Crippen molar-refractivity contribution in [2.24, 2.45) is 7.05 Å². The number of ketones is 1. The van der Waals surface area contributed by atoms with Crippen LogP contribution in [-0.4, -0.2) is 25.5 Å². The molecule has 82 valence electrons. The molecule has 0 atom stereocenters. The van der Waals surface area contributed by atoms with Gasteiger partial charge in [0.2, 0.25) is 0 Å². The van der Waals surface area contributed by atoms with Gasteiger partial charge in [0, 0.05) is 37.8 Å². The van der Waals surface area contributed by atoms with E-state index < -0.39 is 0 Å². The molecule has 5 nitrogen and oxygen atoms in total. The van der Waals surface area contributed by atoms with Crippen molar-refractivity contribution in [1.82, 2.24) is 19.7 Å². The van der Waals surface area contributed by atoms with Gasteiger partial charge < -0.3 is 0 Å². The van der Waals surface area contributed by atoms with Crippen LogP contribution in [0.25, 0.3) is 0 Å². The predicted molar refractivity (Wildman–Crippen MR) is 57.9 cm³/mol. The Bertz CT molecular complexity index is 478. The van der Waals surface area contributed by atoms with Crippen molar-refractivity contribution < 1.29 is 4.79 Å². The van der Waals surface area contributed by atoms with Gasteiger partial charge >= 0.3 is 0 Å². The van der Waals surface area contributed by atoms with Crippen LogP contribution in [0.15, 0.2) is 30.9 Å². The van der Waals surface area contributed by atoms with Crippen LogP contribution in [0.4, 0.5) is 0 Å². The summed E-state index contributed by atoms with van der Waals surface area (Å²) in [5, 5.41) is 4.04. The summed E-state index contributed by atoms with van der Waals surface area (Å²) in [7, 11) is 1.86. The number of Topliss-reactive ketones (excluding diaryl/α,β-unsaturated/α-hetero) is 1. The first-order chi connectivity index (χ1) is 7.77. The molecule has 0 spiro atoms. The number of carbonyl (C=O) groups is 1. The summed E-state index contributed by atoms with van der Waals surface area (Å²) in [5.41, 5.74) is 1.46. The molecule has 0 saturated heterocycles. The van der Waals surface area contributed by atoms with Crippen molar-refractivity contribution in [3.63, 3.8) is 0 Å². The molecule has 2 aromatic heterocycles. The Morgan fingerprint density at radius 1 is 1.38 bits per heavy atom. The first-order valence-corrected chi connectivity index (χ1v) is 5.03. The van der Waals surface area contributed by atoms with E-state index in [-0.39, 0.29) is 5.78 Å². The number of rotatable bonds is 4. The molecule has 0 saturated carbocycles. The van der Waals surface area contributed by atoms with Crippen molar-refractivity contribution in [1.29, 1.82) is 0 Å². The Morgan fingerprint density at radius 2 is 2.25 bits per heavy atom. The Balaban J connectivity index is 1.97. The lowest BCUT2D eigenvalue weighted by Crippen LogP contribution is -2.06. The van der Waals surface area contributed by atoms with Crippen LogP contribution in [0.3, 0.4) is 0 Å². The summed E-state index contributed by atoms with van der Waals surface area (Å²) in [4.78, 5) is 19.6. The number of carbonyl (C=O) groups excluding carboxylic acids is 1. The standard InChI is InChI=1S/C11H12N4O/c1-15-9(4-5-14-15)2-3-11(16)10-8-12-6-7-13-10/h4-8H,2-3H2,1H3. The molecule has 0 amide bonds. The summed E-state index contributed by atoms with van der Waals surface area (Å²) < 4.78 is 1.77. The van der Waals surface area contributed by atoms with Crippen molar-refractivity contribution in [2.75, 3.05) is 0 Å². The highest BCUT2D eigenvalue weighted by molar-refractivity contribution is 5.93. The summed E-state index contributed by atoms with van der Waals surface area (Å²) in [6, 6.07) is 1.91. The van der Waals surface area contributed by atoms with Crippen LogP contribution in [-0.2, 0) is 13.5 Å². The first-order valence-electron chi connectivity index (χ1n) is 5.03. The van der Waals surface area contributed by atoms with Crippen LogP contribution in [0.5, 0.6) is 0 Å². The topological polar surface area (TPSA) is 60.7 Å². The molecule has 0 aromatic carbocycles. The Kier molecular flexibility index (Phi) is 3.05. The van der Waals surface area contributed by atoms with Gasteiger partial charge in [-0.15, -0.1) is 0 Å². The van der Waals surface area contributed by atoms with Crippen LogP contribution in [0.1, 0.15) is 22.6 Å². The second-order valence-electron chi connectivity index (χ2n) is 3.46. The maximum Gasteiger partial charge on any atom is 0.183 e. The highest BCUT2D eigenvalue weighted by Crippen LogP contribution is 2.04. The number of aromatic nitrogens is 4. The predicted octanol–water partition coefficient (Wildman–Crippen LogP) is 1.03. The molecule has 0 N–H and O–H groups in total. The van der Waals surface area contributed by atoms with E-state index >= 15 is 0 Å². The monoisotopic (exact) mass is 216 g/mol. The zero-order chi connectivity index (χ0) is 11.4. The summed E-state index contributed by atoms with van der Waals surface area (Å²) in [6.07, 6.45) is 7.40. The van der Waals surface area contributed by atoms with E-state index in [1.807, 2.05) is 13.1 Å². The van der Waals surface area contributed by atoms with Crippen LogP contribution in [0, 0.1) is 0 Å². The Morgan fingerprint density at radius 3 is 2.88 bits per heavy atom. The number of hydrogen-bond acceptors (Lipinski definition) is 4. The number of nitrogens with zero attached hydrogens (tertiary/aromatic N) is 4. The van der Waals surface area contributed by atoms with Crippen molar-refractivity contribution in [3.05, 3.63) is 42.2 Å². The van der Waals surface area contributed by atoms with Gasteiger partial charge in [-0.1, -0.05) is 0 Å². The minimum atomic E-state index is 0.00861. The molecular formula is C11H12N4O. The van der Waals surface area contributed by atoms with E-state index in [0.29, 0.717) is 18.5 Å². The minimum Gasteiger partial charge on any atom is -0.292 e. The Hall–Kier alpha value is -2.04. The lowest BCUT2D eigenvalue weighted by molar-refractivity contribution is 0.0977. The summed E-state index contributed by atoms with van der Waals surface area (Å²) in [5.74, 6) is 0.00861. The first kappa shape index (κ1) is 10.5. The summed E-state index contributed by atoms with van der Waals surface area (Å²) >= 11 is 0. The van der Waals surface area contributed by atoms with Crippen molar-refractivity contribution >= 4 is 5.78 Å². The number of aryl methyl sites for hydroxylation is 2. The van der Waals surface area contributed by atoms with Gasteiger partial charge in [0.05, 0.1) is 6.20 Å². The Labute approximate surface area is 93.2 Å².